The summed E-state index contributed by atoms with van der Waals surface area (Å²) in [5.41, 5.74) is 1.35. The SMILES string of the molecule is CCNS(=O)(=O)c1ccc(C(=O)N2CCN(c3ccc([N+](=O)[O-])cc3)CC2)cc1. The summed E-state index contributed by atoms with van der Waals surface area (Å²) in [5, 5.41) is 10.8. The molecule has 1 fully saturated rings. The molecule has 29 heavy (non-hydrogen) atoms. The zero-order valence-electron chi connectivity index (χ0n) is 15.9. The van der Waals surface area contributed by atoms with E-state index >= 15 is 0 Å². The Hall–Kier alpha value is -2.98. The molecule has 0 spiro atoms. The van der Waals surface area contributed by atoms with Crippen LogP contribution in [0.25, 0.3) is 0 Å². The lowest BCUT2D eigenvalue weighted by molar-refractivity contribution is -0.384. The highest BCUT2D eigenvalue weighted by molar-refractivity contribution is 7.89. The maximum Gasteiger partial charge on any atom is 0.269 e. The normalized spacial score (nSPS) is 14.7. The van der Waals surface area contributed by atoms with Gasteiger partial charge < -0.3 is 9.80 Å². The topological polar surface area (TPSA) is 113 Å². The highest BCUT2D eigenvalue weighted by Gasteiger charge is 2.23. The van der Waals surface area contributed by atoms with Crippen molar-refractivity contribution in [3.8, 4) is 0 Å². The van der Waals surface area contributed by atoms with Crippen molar-refractivity contribution in [1.82, 2.24) is 9.62 Å². The number of piperazine rings is 1. The second-order valence-corrected chi connectivity index (χ2v) is 8.35. The maximum absolute atomic E-state index is 12.7. The van der Waals surface area contributed by atoms with E-state index in [0.29, 0.717) is 38.3 Å². The van der Waals surface area contributed by atoms with Crippen LogP contribution >= 0.6 is 0 Å². The highest BCUT2D eigenvalue weighted by Crippen LogP contribution is 2.21. The lowest BCUT2D eigenvalue weighted by atomic mass is 10.1. The molecular weight excluding hydrogens is 396 g/mol. The van der Waals surface area contributed by atoms with Gasteiger partial charge in [-0.3, -0.25) is 14.9 Å². The molecule has 1 aliphatic heterocycles. The van der Waals surface area contributed by atoms with Gasteiger partial charge in [0.15, 0.2) is 0 Å². The lowest BCUT2D eigenvalue weighted by Gasteiger charge is -2.36. The number of nitro benzene ring substituents is 1. The van der Waals surface area contributed by atoms with Crippen molar-refractivity contribution in [3.05, 3.63) is 64.2 Å². The van der Waals surface area contributed by atoms with Crippen molar-refractivity contribution >= 4 is 27.3 Å². The number of rotatable bonds is 6. The standard InChI is InChI=1S/C19H22N4O5S/c1-2-20-29(27,28)18-9-3-15(4-10-18)19(24)22-13-11-21(12-14-22)16-5-7-17(8-6-16)23(25)26/h3-10,20H,2,11-14H2,1H3. The molecule has 1 aliphatic rings. The van der Waals surface area contributed by atoms with Gasteiger partial charge in [-0.2, -0.15) is 0 Å². The number of sulfonamides is 1. The minimum Gasteiger partial charge on any atom is -0.368 e. The summed E-state index contributed by atoms with van der Waals surface area (Å²) in [7, 11) is -3.55. The molecule has 0 aliphatic carbocycles. The first-order chi connectivity index (χ1) is 13.8. The van der Waals surface area contributed by atoms with Crippen molar-refractivity contribution in [1.29, 1.82) is 0 Å². The Morgan fingerprint density at radius 3 is 2.14 bits per heavy atom. The molecule has 0 aromatic heterocycles. The summed E-state index contributed by atoms with van der Waals surface area (Å²) in [5.74, 6) is -0.152. The van der Waals surface area contributed by atoms with Crippen LogP contribution in [0.3, 0.4) is 0 Å². The Morgan fingerprint density at radius 2 is 1.62 bits per heavy atom. The molecule has 1 saturated heterocycles. The number of anilines is 1. The first-order valence-electron chi connectivity index (χ1n) is 9.20. The van der Waals surface area contributed by atoms with E-state index in [4.69, 9.17) is 0 Å². The van der Waals surface area contributed by atoms with Crippen LogP contribution in [0.5, 0.6) is 0 Å². The van der Waals surface area contributed by atoms with E-state index in [-0.39, 0.29) is 16.5 Å². The van der Waals surface area contributed by atoms with Crippen molar-refractivity contribution < 1.29 is 18.1 Å². The van der Waals surface area contributed by atoms with E-state index < -0.39 is 14.9 Å². The predicted molar refractivity (Wildman–Crippen MR) is 109 cm³/mol. The molecule has 0 radical (unpaired) electrons. The van der Waals surface area contributed by atoms with Crippen molar-refractivity contribution in [3.63, 3.8) is 0 Å². The molecule has 3 rings (SSSR count). The second kappa shape index (κ2) is 8.58. The van der Waals surface area contributed by atoms with Crippen LogP contribution in [0.2, 0.25) is 0 Å². The Morgan fingerprint density at radius 1 is 1.03 bits per heavy atom. The summed E-state index contributed by atoms with van der Waals surface area (Å²) in [4.78, 5) is 27.0. The second-order valence-electron chi connectivity index (χ2n) is 6.58. The predicted octanol–water partition coefficient (Wildman–Crippen LogP) is 1.86. The molecule has 0 atom stereocenters. The summed E-state index contributed by atoms with van der Waals surface area (Å²) in [6, 6.07) is 12.3. The summed E-state index contributed by atoms with van der Waals surface area (Å²) >= 11 is 0. The minimum absolute atomic E-state index is 0.0437. The molecule has 1 N–H and O–H groups in total. The number of benzene rings is 2. The monoisotopic (exact) mass is 418 g/mol. The van der Waals surface area contributed by atoms with Crippen LogP contribution < -0.4 is 9.62 Å². The van der Waals surface area contributed by atoms with Crippen LogP contribution in [-0.4, -0.2) is 56.9 Å². The van der Waals surface area contributed by atoms with Crippen LogP contribution in [0.4, 0.5) is 11.4 Å². The molecule has 0 bridgehead atoms. The fourth-order valence-corrected chi connectivity index (χ4v) is 4.23. The Kier molecular flexibility index (Phi) is 6.14. The van der Waals surface area contributed by atoms with Crippen LogP contribution in [0.15, 0.2) is 53.4 Å². The van der Waals surface area contributed by atoms with Gasteiger partial charge in [-0.1, -0.05) is 6.92 Å². The average molecular weight is 418 g/mol. The number of non-ortho nitro benzene ring substituents is 1. The third kappa shape index (κ3) is 4.72. The summed E-state index contributed by atoms with van der Waals surface area (Å²) in [6.45, 7) is 4.22. The van der Waals surface area contributed by atoms with Crippen LogP contribution in [0.1, 0.15) is 17.3 Å². The molecule has 10 heteroatoms. The van der Waals surface area contributed by atoms with E-state index in [1.165, 1.54) is 36.4 Å². The van der Waals surface area contributed by atoms with E-state index in [0.717, 1.165) is 5.69 Å². The zero-order valence-corrected chi connectivity index (χ0v) is 16.8. The molecule has 2 aromatic carbocycles. The minimum atomic E-state index is -3.55. The average Bonchev–Trinajstić information content (AvgIpc) is 2.73. The van der Waals surface area contributed by atoms with Gasteiger partial charge in [-0.25, -0.2) is 13.1 Å². The fraction of sp³-hybridized carbons (Fsp3) is 0.316. The van der Waals surface area contributed by atoms with Gasteiger partial charge in [0, 0.05) is 56.1 Å². The number of carbonyl (C=O) groups is 1. The number of carbonyl (C=O) groups excluding carboxylic acids is 1. The Labute approximate surface area is 169 Å². The van der Waals surface area contributed by atoms with Gasteiger partial charge >= 0.3 is 0 Å². The van der Waals surface area contributed by atoms with Gasteiger partial charge in [-0.05, 0) is 36.4 Å². The maximum atomic E-state index is 12.7. The summed E-state index contributed by atoms with van der Waals surface area (Å²) in [6.07, 6.45) is 0. The van der Waals surface area contributed by atoms with E-state index in [2.05, 4.69) is 9.62 Å². The van der Waals surface area contributed by atoms with Gasteiger partial charge in [0.25, 0.3) is 11.6 Å². The van der Waals surface area contributed by atoms with Crippen LogP contribution in [-0.2, 0) is 10.0 Å². The molecule has 1 amide bonds. The first kappa shape index (κ1) is 20.7. The number of nitrogens with zero attached hydrogens (tertiary/aromatic N) is 3. The molecule has 0 unspecified atom stereocenters. The number of nitrogens with one attached hydrogen (secondary N) is 1. The van der Waals surface area contributed by atoms with Crippen LogP contribution in [0, 0.1) is 10.1 Å². The smallest absolute Gasteiger partial charge is 0.269 e. The first-order valence-corrected chi connectivity index (χ1v) is 10.7. The van der Waals surface area contributed by atoms with Crippen molar-refractivity contribution in [2.45, 2.75) is 11.8 Å². The number of hydrogen-bond donors (Lipinski definition) is 1. The quantitative estimate of drug-likeness (QED) is 0.566. The summed E-state index contributed by atoms with van der Waals surface area (Å²) < 4.78 is 26.4. The molecule has 9 nitrogen and oxygen atoms in total. The van der Waals surface area contributed by atoms with Gasteiger partial charge in [0.2, 0.25) is 10.0 Å². The third-order valence-corrected chi connectivity index (χ3v) is 6.30. The Balaban J connectivity index is 1.62. The zero-order chi connectivity index (χ0) is 21.0. The lowest BCUT2D eigenvalue weighted by Crippen LogP contribution is -2.48. The molecule has 2 aromatic rings. The molecular formula is C19H22N4O5S. The van der Waals surface area contributed by atoms with Gasteiger partial charge in [-0.15, -0.1) is 0 Å². The van der Waals surface area contributed by atoms with Gasteiger partial charge in [0.1, 0.15) is 0 Å². The Bertz CT molecular complexity index is 982. The van der Waals surface area contributed by atoms with E-state index in [1.54, 1.807) is 24.0 Å². The molecule has 0 saturated carbocycles. The number of nitro groups is 1. The van der Waals surface area contributed by atoms with Crippen molar-refractivity contribution in [2.75, 3.05) is 37.6 Å². The largest absolute Gasteiger partial charge is 0.368 e. The number of hydrogen-bond acceptors (Lipinski definition) is 6. The van der Waals surface area contributed by atoms with E-state index in [1.807, 2.05) is 0 Å². The highest BCUT2D eigenvalue weighted by atomic mass is 32.2. The third-order valence-electron chi connectivity index (χ3n) is 4.74. The fourth-order valence-electron chi connectivity index (χ4n) is 3.19. The number of amides is 1. The van der Waals surface area contributed by atoms with Crippen molar-refractivity contribution in [2.24, 2.45) is 0 Å². The molecule has 154 valence electrons. The van der Waals surface area contributed by atoms with Gasteiger partial charge in [0.05, 0.1) is 9.82 Å². The van der Waals surface area contributed by atoms with E-state index in [9.17, 15) is 23.3 Å². The molecule has 1 heterocycles.